The summed E-state index contributed by atoms with van der Waals surface area (Å²) in [5.41, 5.74) is -2.69. The number of alkyl halides is 3. The summed E-state index contributed by atoms with van der Waals surface area (Å²) in [6.45, 7) is 0.731. The molecule has 0 saturated carbocycles. The lowest BCUT2D eigenvalue weighted by Gasteiger charge is -2.29. The molecule has 0 aliphatic carbocycles. The molecule has 0 fully saturated rings. The number of ether oxygens (including phenoxy) is 1. The highest BCUT2D eigenvalue weighted by molar-refractivity contribution is 7.09. The van der Waals surface area contributed by atoms with Crippen molar-refractivity contribution in [1.29, 1.82) is 0 Å². The van der Waals surface area contributed by atoms with Gasteiger partial charge in [0, 0.05) is 11.4 Å². The molecule has 0 bridgehead atoms. The monoisotopic (exact) mass is 267 g/mol. The average molecular weight is 267 g/mol. The minimum Gasteiger partial charge on any atom is -0.467 e. The fraction of sp³-hybridized carbons (Fsp3) is 0.500. The third-order valence-corrected chi connectivity index (χ3v) is 3.23. The van der Waals surface area contributed by atoms with Crippen molar-refractivity contribution in [2.45, 2.75) is 25.2 Å². The number of hydrogen-bond donors (Lipinski definition) is 1. The summed E-state index contributed by atoms with van der Waals surface area (Å²) >= 11 is 1.31. The van der Waals surface area contributed by atoms with Gasteiger partial charge in [-0.15, -0.1) is 11.3 Å². The maximum Gasteiger partial charge on any atom is 0.417 e. The molecule has 0 aliphatic heterocycles. The number of esters is 1. The SMILES string of the molecule is COC(=O)C(C)(NCc1cccs1)C(F)(F)F. The van der Waals surface area contributed by atoms with E-state index in [1.807, 2.05) is 0 Å². The minimum absolute atomic E-state index is 0.0389. The molecule has 0 aliphatic rings. The van der Waals surface area contributed by atoms with E-state index in [1.54, 1.807) is 17.5 Å². The van der Waals surface area contributed by atoms with Crippen LogP contribution in [0.3, 0.4) is 0 Å². The second kappa shape index (κ2) is 5.05. The number of hydrogen-bond acceptors (Lipinski definition) is 4. The Morgan fingerprint density at radius 1 is 1.53 bits per heavy atom. The molecule has 1 aromatic rings. The zero-order valence-electron chi connectivity index (χ0n) is 9.30. The van der Waals surface area contributed by atoms with Gasteiger partial charge in [0.25, 0.3) is 0 Å². The number of thiophene rings is 1. The Morgan fingerprint density at radius 3 is 2.59 bits per heavy atom. The van der Waals surface area contributed by atoms with Crippen molar-refractivity contribution in [1.82, 2.24) is 5.32 Å². The molecular weight excluding hydrogens is 255 g/mol. The molecule has 0 saturated heterocycles. The van der Waals surface area contributed by atoms with Crippen molar-refractivity contribution >= 4 is 17.3 Å². The lowest BCUT2D eigenvalue weighted by Crippen LogP contribution is -2.60. The van der Waals surface area contributed by atoms with E-state index < -0.39 is 17.7 Å². The molecule has 0 amide bonds. The lowest BCUT2D eigenvalue weighted by atomic mass is 10.0. The number of nitrogens with one attached hydrogen (secondary N) is 1. The van der Waals surface area contributed by atoms with Gasteiger partial charge in [-0.25, -0.2) is 4.79 Å². The predicted molar refractivity (Wildman–Crippen MR) is 57.6 cm³/mol. The smallest absolute Gasteiger partial charge is 0.417 e. The molecule has 1 atom stereocenters. The van der Waals surface area contributed by atoms with Crippen LogP contribution < -0.4 is 5.32 Å². The second-order valence-electron chi connectivity index (χ2n) is 3.55. The normalized spacial score (nSPS) is 15.4. The topological polar surface area (TPSA) is 38.3 Å². The zero-order valence-corrected chi connectivity index (χ0v) is 10.1. The highest BCUT2D eigenvalue weighted by atomic mass is 32.1. The second-order valence-corrected chi connectivity index (χ2v) is 4.58. The maximum absolute atomic E-state index is 12.8. The first-order valence-electron chi connectivity index (χ1n) is 4.74. The highest BCUT2D eigenvalue weighted by Gasteiger charge is 2.57. The third-order valence-electron chi connectivity index (χ3n) is 2.36. The average Bonchev–Trinajstić information content (AvgIpc) is 2.75. The number of halogens is 3. The van der Waals surface area contributed by atoms with E-state index in [0.29, 0.717) is 4.88 Å². The standard InChI is InChI=1S/C10H12F3NO2S/c1-9(8(15)16-2,10(11,12)13)14-6-7-4-3-5-17-7/h3-5,14H,6H2,1-2H3. The van der Waals surface area contributed by atoms with Crippen molar-refractivity contribution in [3.63, 3.8) is 0 Å². The third kappa shape index (κ3) is 2.98. The first-order valence-corrected chi connectivity index (χ1v) is 5.62. The molecule has 96 valence electrons. The first kappa shape index (κ1) is 14.0. The van der Waals surface area contributed by atoms with Crippen molar-refractivity contribution in [2.75, 3.05) is 7.11 Å². The number of rotatable bonds is 4. The predicted octanol–water partition coefficient (Wildman–Crippen LogP) is 2.33. The summed E-state index contributed by atoms with van der Waals surface area (Å²) in [5, 5.41) is 3.95. The van der Waals surface area contributed by atoms with Crippen LogP contribution in [0, 0.1) is 0 Å². The van der Waals surface area contributed by atoms with E-state index in [9.17, 15) is 18.0 Å². The van der Waals surface area contributed by atoms with Gasteiger partial charge in [0.05, 0.1) is 7.11 Å². The Bertz CT molecular complexity index is 377. The zero-order chi connectivity index (χ0) is 13.1. The summed E-state index contributed by atoms with van der Waals surface area (Å²) < 4.78 is 42.6. The largest absolute Gasteiger partial charge is 0.467 e. The Kier molecular flexibility index (Phi) is 4.16. The molecule has 7 heteroatoms. The Hall–Kier alpha value is -1.08. The van der Waals surface area contributed by atoms with Gasteiger partial charge in [0.1, 0.15) is 0 Å². The van der Waals surface area contributed by atoms with Crippen LogP contribution in [-0.2, 0) is 16.1 Å². The quantitative estimate of drug-likeness (QED) is 0.851. The van der Waals surface area contributed by atoms with E-state index in [4.69, 9.17) is 0 Å². The van der Waals surface area contributed by atoms with Crippen molar-refractivity contribution in [2.24, 2.45) is 0 Å². The van der Waals surface area contributed by atoms with E-state index in [1.165, 1.54) is 11.3 Å². The minimum atomic E-state index is -4.71. The summed E-state index contributed by atoms with van der Waals surface area (Å²) in [6.07, 6.45) is -4.71. The van der Waals surface area contributed by atoms with Crippen LogP contribution in [0.15, 0.2) is 17.5 Å². The van der Waals surface area contributed by atoms with Gasteiger partial charge in [-0.05, 0) is 18.4 Å². The van der Waals surface area contributed by atoms with Crippen LogP contribution in [0.1, 0.15) is 11.8 Å². The van der Waals surface area contributed by atoms with Gasteiger partial charge in [-0.2, -0.15) is 13.2 Å². The van der Waals surface area contributed by atoms with Crippen molar-refractivity contribution in [3.8, 4) is 0 Å². The van der Waals surface area contributed by atoms with Crippen molar-refractivity contribution in [3.05, 3.63) is 22.4 Å². The molecule has 3 nitrogen and oxygen atoms in total. The van der Waals surface area contributed by atoms with Gasteiger partial charge >= 0.3 is 12.1 Å². The van der Waals surface area contributed by atoms with E-state index in [-0.39, 0.29) is 6.54 Å². The number of carbonyl (C=O) groups excluding carboxylic acids is 1. The van der Waals surface area contributed by atoms with Crippen LogP contribution in [-0.4, -0.2) is 24.8 Å². The molecule has 1 rings (SSSR count). The molecule has 1 N–H and O–H groups in total. The lowest BCUT2D eigenvalue weighted by molar-refractivity contribution is -0.208. The van der Waals surface area contributed by atoms with Gasteiger partial charge in [-0.3, -0.25) is 5.32 Å². The molecule has 17 heavy (non-hydrogen) atoms. The van der Waals surface area contributed by atoms with Crippen LogP contribution in [0.5, 0.6) is 0 Å². The molecule has 1 heterocycles. The summed E-state index contributed by atoms with van der Waals surface area (Å²) in [7, 11) is 0.930. The molecule has 0 radical (unpaired) electrons. The van der Waals surface area contributed by atoms with Gasteiger partial charge in [-0.1, -0.05) is 6.07 Å². The summed E-state index contributed by atoms with van der Waals surface area (Å²) in [4.78, 5) is 12.0. The Morgan fingerprint density at radius 2 is 2.18 bits per heavy atom. The van der Waals surface area contributed by atoms with Gasteiger partial charge in [0.2, 0.25) is 5.54 Å². The Labute approximate surface area is 101 Å². The first-order chi connectivity index (χ1) is 7.81. The molecular formula is C10H12F3NO2S. The summed E-state index contributed by atoms with van der Waals surface area (Å²) in [5.74, 6) is -1.35. The van der Waals surface area contributed by atoms with Crippen LogP contribution >= 0.6 is 11.3 Å². The van der Waals surface area contributed by atoms with E-state index in [0.717, 1.165) is 14.0 Å². The summed E-state index contributed by atoms with van der Waals surface area (Å²) in [6, 6.07) is 3.41. The fourth-order valence-corrected chi connectivity index (χ4v) is 1.81. The number of carbonyl (C=O) groups is 1. The molecule has 0 aromatic carbocycles. The van der Waals surface area contributed by atoms with Gasteiger partial charge < -0.3 is 4.74 Å². The van der Waals surface area contributed by atoms with Crippen molar-refractivity contribution < 1.29 is 22.7 Å². The molecule has 0 spiro atoms. The van der Waals surface area contributed by atoms with Crippen LogP contribution in [0.25, 0.3) is 0 Å². The van der Waals surface area contributed by atoms with Crippen LogP contribution in [0.4, 0.5) is 13.2 Å². The van der Waals surface area contributed by atoms with E-state index in [2.05, 4.69) is 10.1 Å². The highest BCUT2D eigenvalue weighted by Crippen LogP contribution is 2.31. The maximum atomic E-state index is 12.8. The fourth-order valence-electron chi connectivity index (χ4n) is 1.17. The molecule has 1 unspecified atom stereocenters. The Balaban J connectivity index is 2.81. The number of methoxy groups -OCH3 is 1. The molecule has 1 aromatic heterocycles. The van der Waals surface area contributed by atoms with Crippen LogP contribution in [0.2, 0.25) is 0 Å². The van der Waals surface area contributed by atoms with E-state index >= 15 is 0 Å². The van der Waals surface area contributed by atoms with Gasteiger partial charge in [0.15, 0.2) is 0 Å².